The molecule has 0 aromatic carbocycles. The van der Waals surface area contributed by atoms with Crippen molar-refractivity contribution in [2.45, 2.75) is 40.7 Å². The molecule has 0 amide bonds. The number of aryl methyl sites for hydroxylation is 4. The van der Waals surface area contributed by atoms with E-state index in [1.807, 2.05) is 27.0 Å². The Morgan fingerprint density at radius 2 is 1.95 bits per heavy atom. The molecule has 5 nitrogen and oxygen atoms in total. The van der Waals surface area contributed by atoms with Crippen LogP contribution in [-0.4, -0.2) is 21.3 Å². The van der Waals surface area contributed by atoms with Crippen LogP contribution in [0.1, 0.15) is 35.9 Å². The number of ether oxygens (including phenoxy) is 1. The Morgan fingerprint density at radius 1 is 1.19 bits per heavy atom. The molecule has 2 heterocycles. The van der Waals surface area contributed by atoms with Crippen LogP contribution < -0.4 is 10.1 Å². The lowest BCUT2D eigenvalue weighted by Gasteiger charge is -2.14. The third-order valence-corrected chi connectivity index (χ3v) is 3.33. The minimum Gasteiger partial charge on any atom is -0.421 e. The van der Waals surface area contributed by atoms with E-state index >= 15 is 0 Å². The molecule has 0 aliphatic rings. The molecule has 21 heavy (non-hydrogen) atoms. The van der Waals surface area contributed by atoms with Crippen LogP contribution in [0.4, 0.5) is 0 Å². The minimum absolute atomic E-state index is 0.666. The second kappa shape index (κ2) is 6.72. The van der Waals surface area contributed by atoms with Gasteiger partial charge < -0.3 is 10.1 Å². The first-order valence-electron chi connectivity index (χ1n) is 7.37. The average Bonchev–Trinajstić information content (AvgIpc) is 2.71. The molecule has 2 rings (SSSR count). The van der Waals surface area contributed by atoms with Gasteiger partial charge in [-0.3, -0.25) is 0 Å². The standard InChI is InChI=1S/C16H24N4O/c1-6-7-17-10-14-11(2)8-12(3)18-16(14)21-15-9-13(4)19-20(15)5/h8-9,17H,6-7,10H2,1-5H3. The first-order chi connectivity index (χ1) is 10.0. The van der Waals surface area contributed by atoms with Gasteiger partial charge >= 0.3 is 0 Å². The number of hydrogen-bond acceptors (Lipinski definition) is 4. The maximum Gasteiger partial charge on any atom is 0.226 e. The molecular weight excluding hydrogens is 264 g/mol. The zero-order valence-electron chi connectivity index (χ0n) is 13.5. The van der Waals surface area contributed by atoms with E-state index in [-0.39, 0.29) is 0 Å². The van der Waals surface area contributed by atoms with E-state index in [2.05, 4.69) is 35.3 Å². The van der Waals surface area contributed by atoms with Crippen LogP contribution in [0.15, 0.2) is 12.1 Å². The van der Waals surface area contributed by atoms with E-state index in [0.29, 0.717) is 11.8 Å². The number of hydrogen-bond donors (Lipinski definition) is 1. The van der Waals surface area contributed by atoms with Gasteiger partial charge in [-0.05, 0) is 45.4 Å². The Bertz CT molecular complexity index is 619. The lowest BCUT2D eigenvalue weighted by Crippen LogP contribution is -2.16. The Morgan fingerprint density at radius 3 is 2.57 bits per heavy atom. The van der Waals surface area contributed by atoms with Gasteiger partial charge in [0.05, 0.1) is 5.69 Å². The predicted molar refractivity (Wildman–Crippen MR) is 83.7 cm³/mol. The number of pyridine rings is 1. The van der Waals surface area contributed by atoms with E-state index in [1.165, 1.54) is 5.56 Å². The maximum atomic E-state index is 6.00. The summed E-state index contributed by atoms with van der Waals surface area (Å²) in [6, 6.07) is 4.01. The van der Waals surface area contributed by atoms with Crippen LogP contribution in [0.3, 0.4) is 0 Å². The Balaban J connectivity index is 2.30. The molecule has 0 atom stereocenters. The SMILES string of the molecule is CCCNCc1c(C)cc(C)nc1Oc1cc(C)nn1C. The Hall–Kier alpha value is -1.88. The highest BCUT2D eigenvalue weighted by molar-refractivity contribution is 5.38. The monoisotopic (exact) mass is 288 g/mol. The summed E-state index contributed by atoms with van der Waals surface area (Å²) in [5, 5.41) is 7.72. The highest BCUT2D eigenvalue weighted by Crippen LogP contribution is 2.26. The fraction of sp³-hybridized carbons (Fsp3) is 0.500. The summed E-state index contributed by atoms with van der Waals surface area (Å²) >= 11 is 0. The van der Waals surface area contributed by atoms with E-state index in [0.717, 1.165) is 36.5 Å². The summed E-state index contributed by atoms with van der Waals surface area (Å²) in [7, 11) is 1.87. The van der Waals surface area contributed by atoms with Gasteiger partial charge in [-0.2, -0.15) is 5.10 Å². The van der Waals surface area contributed by atoms with Crippen molar-refractivity contribution in [1.29, 1.82) is 0 Å². The van der Waals surface area contributed by atoms with Crippen molar-refractivity contribution in [1.82, 2.24) is 20.1 Å². The van der Waals surface area contributed by atoms with Crippen LogP contribution in [0.5, 0.6) is 11.8 Å². The lowest BCUT2D eigenvalue weighted by atomic mass is 10.1. The molecule has 0 saturated carbocycles. The average molecular weight is 288 g/mol. The molecule has 0 spiro atoms. The molecule has 0 fully saturated rings. The van der Waals surface area contributed by atoms with E-state index in [9.17, 15) is 0 Å². The van der Waals surface area contributed by atoms with E-state index in [4.69, 9.17) is 4.74 Å². The van der Waals surface area contributed by atoms with Crippen LogP contribution in [0.2, 0.25) is 0 Å². The summed E-state index contributed by atoms with van der Waals surface area (Å²) in [4.78, 5) is 4.56. The minimum atomic E-state index is 0.666. The van der Waals surface area contributed by atoms with E-state index in [1.54, 1.807) is 4.68 Å². The summed E-state index contributed by atoms with van der Waals surface area (Å²) in [6.07, 6.45) is 1.11. The smallest absolute Gasteiger partial charge is 0.226 e. The predicted octanol–water partition coefficient (Wildman–Crippen LogP) is 3.03. The summed E-state index contributed by atoms with van der Waals surface area (Å²) in [5.41, 5.74) is 4.19. The first kappa shape index (κ1) is 15.5. The topological polar surface area (TPSA) is 52.0 Å². The molecule has 2 aromatic rings. The normalized spacial score (nSPS) is 10.9. The third-order valence-electron chi connectivity index (χ3n) is 3.33. The third kappa shape index (κ3) is 3.82. The first-order valence-corrected chi connectivity index (χ1v) is 7.37. The summed E-state index contributed by atoms with van der Waals surface area (Å²) in [6.45, 7) is 9.93. The van der Waals surface area contributed by atoms with E-state index < -0.39 is 0 Å². The molecule has 0 saturated heterocycles. The van der Waals surface area contributed by atoms with Gasteiger partial charge in [0.25, 0.3) is 0 Å². The van der Waals surface area contributed by atoms with Gasteiger partial charge in [-0.15, -0.1) is 0 Å². The van der Waals surface area contributed by atoms with Crippen LogP contribution in [0.25, 0.3) is 0 Å². The molecule has 0 aliphatic heterocycles. The molecule has 0 aliphatic carbocycles. The van der Waals surface area contributed by atoms with Gasteiger partial charge in [-0.1, -0.05) is 6.92 Å². The summed E-state index contributed by atoms with van der Waals surface area (Å²) in [5.74, 6) is 1.38. The zero-order valence-corrected chi connectivity index (χ0v) is 13.5. The van der Waals surface area contributed by atoms with Crippen molar-refractivity contribution in [2.24, 2.45) is 7.05 Å². The van der Waals surface area contributed by atoms with Crippen molar-refractivity contribution in [3.63, 3.8) is 0 Å². The maximum absolute atomic E-state index is 6.00. The van der Waals surface area contributed by atoms with Gasteiger partial charge in [0.15, 0.2) is 0 Å². The number of aromatic nitrogens is 3. The molecule has 114 valence electrons. The number of nitrogens with one attached hydrogen (secondary N) is 1. The van der Waals surface area contributed by atoms with Crippen LogP contribution in [0, 0.1) is 20.8 Å². The van der Waals surface area contributed by atoms with Crippen LogP contribution in [-0.2, 0) is 13.6 Å². The van der Waals surface area contributed by atoms with Crippen molar-refractivity contribution < 1.29 is 4.74 Å². The quantitative estimate of drug-likeness (QED) is 0.830. The second-order valence-electron chi connectivity index (χ2n) is 5.39. The van der Waals surface area contributed by atoms with Gasteiger partial charge in [-0.25, -0.2) is 9.67 Å². The fourth-order valence-corrected chi connectivity index (χ4v) is 2.30. The van der Waals surface area contributed by atoms with Crippen LogP contribution >= 0.6 is 0 Å². The molecule has 0 unspecified atom stereocenters. The molecule has 2 aromatic heterocycles. The van der Waals surface area contributed by atoms with Crippen molar-refractivity contribution >= 4 is 0 Å². The molecule has 0 radical (unpaired) electrons. The fourth-order valence-electron chi connectivity index (χ4n) is 2.30. The molecular formula is C16H24N4O. The largest absolute Gasteiger partial charge is 0.421 e. The second-order valence-corrected chi connectivity index (χ2v) is 5.39. The Kier molecular flexibility index (Phi) is 4.96. The zero-order chi connectivity index (χ0) is 15.4. The lowest BCUT2D eigenvalue weighted by molar-refractivity contribution is 0.407. The molecule has 1 N–H and O–H groups in total. The van der Waals surface area contributed by atoms with Crippen molar-refractivity contribution in [2.75, 3.05) is 6.54 Å². The summed E-state index contributed by atoms with van der Waals surface area (Å²) < 4.78 is 7.74. The van der Waals surface area contributed by atoms with Crippen molar-refractivity contribution in [3.05, 3.63) is 34.6 Å². The van der Waals surface area contributed by atoms with Gasteiger partial charge in [0.1, 0.15) is 0 Å². The highest BCUT2D eigenvalue weighted by atomic mass is 16.5. The highest BCUT2D eigenvalue weighted by Gasteiger charge is 2.13. The van der Waals surface area contributed by atoms with Gasteiger partial charge in [0, 0.05) is 30.9 Å². The van der Waals surface area contributed by atoms with Gasteiger partial charge in [0.2, 0.25) is 11.8 Å². The molecule has 5 heteroatoms. The number of rotatable bonds is 6. The number of nitrogens with zero attached hydrogens (tertiary/aromatic N) is 3. The van der Waals surface area contributed by atoms with Crippen molar-refractivity contribution in [3.8, 4) is 11.8 Å². The Labute approximate surface area is 126 Å². The molecule has 0 bridgehead atoms.